The van der Waals surface area contributed by atoms with E-state index in [4.69, 9.17) is 4.98 Å². The normalized spacial score (nSPS) is 18.2. The first-order valence-electron chi connectivity index (χ1n) is 11.8. The molecule has 1 saturated heterocycles. The predicted octanol–water partition coefficient (Wildman–Crippen LogP) is 3.87. The molecule has 0 radical (unpaired) electrons. The number of hydrogen-bond donors (Lipinski definition) is 1. The van der Waals surface area contributed by atoms with Crippen LogP contribution in [0.5, 0.6) is 0 Å². The van der Waals surface area contributed by atoms with E-state index in [1.54, 1.807) is 12.3 Å². The largest absolute Gasteiger partial charge is 0.369 e. The third-order valence-electron chi connectivity index (χ3n) is 6.88. The second kappa shape index (κ2) is 9.28. The molecule has 0 atom stereocenters. The molecule has 3 heterocycles. The molecule has 7 nitrogen and oxygen atoms in total. The van der Waals surface area contributed by atoms with Crippen LogP contribution >= 0.6 is 0 Å². The van der Waals surface area contributed by atoms with Gasteiger partial charge in [0.25, 0.3) is 5.56 Å². The molecule has 2 aromatic heterocycles. The first kappa shape index (κ1) is 20.9. The summed E-state index contributed by atoms with van der Waals surface area (Å²) in [6, 6.07) is 11.9. The highest BCUT2D eigenvalue weighted by Crippen LogP contribution is 2.26. The van der Waals surface area contributed by atoms with Crippen molar-refractivity contribution < 1.29 is 0 Å². The summed E-state index contributed by atoms with van der Waals surface area (Å²) in [7, 11) is 2.17. The van der Waals surface area contributed by atoms with Crippen molar-refractivity contribution in [3.63, 3.8) is 0 Å². The monoisotopic (exact) mass is 432 g/mol. The Morgan fingerprint density at radius 1 is 0.969 bits per heavy atom. The molecule has 3 aromatic rings. The number of nitrogens with zero attached hydrogens (tertiary/aromatic N) is 5. The van der Waals surface area contributed by atoms with Gasteiger partial charge in [0.1, 0.15) is 5.65 Å². The van der Waals surface area contributed by atoms with Crippen molar-refractivity contribution in [2.45, 2.75) is 38.6 Å². The number of anilines is 3. The van der Waals surface area contributed by atoms with Crippen molar-refractivity contribution in [2.75, 3.05) is 43.4 Å². The lowest BCUT2D eigenvalue weighted by molar-refractivity contribution is 0.313. The smallest absolute Gasteiger partial charge is 0.252 e. The molecule has 7 heteroatoms. The molecular weight excluding hydrogens is 400 g/mol. The van der Waals surface area contributed by atoms with Crippen molar-refractivity contribution in [2.24, 2.45) is 5.92 Å². The van der Waals surface area contributed by atoms with Gasteiger partial charge in [-0.3, -0.25) is 9.36 Å². The van der Waals surface area contributed by atoms with Crippen LogP contribution in [0.1, 0.15) is 32.1 Å². The average molecular weight is 433 g/mol. The molecule has 1 aliphatic carbocycles. The number of nitrogens with one attached hydrogen (secondary N) is 1. The molecule has 1 aliphatic heterocycles. The molecule has 2 fully saturated rings. The van der Waals surface area contributed by atoms with Crippen molar-refractivity contribution in [3.05, 3.63) is 52.9 Å². The van der Waals surface area contributed by atoms with Crippen LogP contribution in [0, 0.1) is 5.92 Å². The number of pyridine rings is 1. The van der Waals surface area contributed by atoms with Crippen LogP contribution in [0.15, 0.2) is 47.4 Å². The zero-order chi connectivity index (χ0) is 21.9. The van der Waals surface area contributed by atoms with Gasteiger partial charge in [0.2, 0.25) is 5.95 Å². The van der Waals surface area contributed by atoms with E-state index in [0.717, 1.165) is 49.4 Å². The van der Waals surface area contributed by atoms with Gasteiger partial charge in [-0.15, -0.1) is 0 Å². The van der Waals surface area contributed by atoms with Crippen LogP contribution in [0.4, 0.5) is 17.3 Å². The number of hydrogen-bond acceptors (Lipinski definition) is 6. The van der Waals surface area contributed by atoms with Gasteiger partial charge >= 0.3 is 0 Å². The summed E-state index contributed by atoms with van der Waals surface area (Å²) in [5.74, 6) is 1.08. The highest BCUT2D eigenvalue weighted by Gasteiger charge is 2.17. The Hall–Kier alpha value is -2.93. The second-order valence-corrected chi connectivity index (χ2v) is 9.22. The zero-order valence-electron chi connectivity index (χ0n) is 18.8. The number of rotatable bonds is 5. The molecular formula is C25H32N6O. The van der Waals surface area contributed by atoms with E-state index in [9.17, 15) is 4.79 Å². The minimum atomic E-state index is 0.0178. The van der Waals surface area contributed by atoms with Crippen molar-refractivity contribution in [1.82, 2.24) is 19.4 Å². The lowest BCUT2D eigenvalue weighted by Crippen LogP contribution is -2.44. The van der Waals surface area contributed by atoms with E-state index in [-0.39, 0.29) is 5.56 Å². The van der Waals surface area contributed by atoms with Gasteiger partial charge in [-0.05, 0) is 56.1 Å². The number of likely N-dealkylation sites (N-methyl/N-ethyl adjacent to an activating group) is 1. The number of aromatic nitrogens is 3. The Morgan fingerprint density at radius 3 is 2.47 bits per heavy atom. The number of fused-ring (bicyclic) bond motifs is 1. The van der Waals surface area contributed by atoms with Crippen LogP contribution in [0.2, 0.25) is 0 Å². The van der Waals surface area contributed by atoms with Gasteiger partial charge in [0.15, 0.2) is 0 Å². The van der Waals surface area contributed by atoms with E-state index in [0.29, 0.717) is 11.9 Å². The first-order chi connectivity index (χ1) is 15.7. The Labute approximate surface area is 189 Å². The maximum absolute atomic E-state index is 12.7. The quantitative estimate of drug-likeness (QED) is 0.660. The fourth-order valence-electron chi connectivity index (χ4n) is 4.89. The topological polar surface area (TPSA) is 66.3 Å². The van der Waals surface area contributed by atoms with Gasteiger partial charge in [0, 0.05) is 61.7 Å². The van der Waals surface area contributed by atoms with Gasteiger partial charge in [-0.1, -0.05) is 19.3 Å². The van der Waals surface area contributed by atoms with Crippen molar-refractivity contribution >= 4 is 28.4 Å². The lowest BCUT2D eigenvalue weighted by Gasteiger charge is -2.34. The fraction of sp³-hybridized carbons (Fsp3) is 0.480. The first-order valence-corrected chi connectivity index (χ1v) is 11.8. The van der Waals surface area contributed by atoms with Gasteiger partial charge in [-0.25, -0.2) is 4.98 Å². The maximum Gasteiger partial charge on any atom is 0.252 e. The highest BCUT2D eigenvalue weighted by molar-refractivity contribution is 5.75. The summed E-state index contributed by atoms with van der Waals surface area (Å²) in [6.45, 7) is 5.03. The molecule has 168 valence electrons. The van der Waals surface area contributed by atoms with Crippen LogP contribution in [-0.2, 0) is 6.54 Å². The minimum Gasteiger partial charge on any atom is -0.369 e. The van der Waals surface area contributed by atoms with E-state index < -0.39 is 0 Å². The SMILES string of the molecule is CN1CCN(c2ccc(Nc3ncc4ccc(=O)n(CC5CCCCC5)c4n3)cc2)CC1. The minimum absolute atomic E-state index is 0.0178. The Kier molecular flexibility index (Phi) is 6.08. The Morgan fingerprint density at radius 2 is 1.72 bits per heavy atom. The van der Waals surface area contributed by atoms with Gasteiger partial charge in [-0.2, -0.15) is 4.98 Å². The van der Waals surface area contributed by atoms with E-state index in [1.807, 2.05) is 10.6 Å². The third kappa shape index (κ3) is 4.63. The Bertz CT molecular complexity index is 1110. The van der Waals surface area contributed by atoms with Crippen LogP contribution in [0.25, 0.3) is 11.0 Å². The fourth-order valence-corrected chi connectivity index (χ4v) is 4.89. The summed E-state index contributed by atoms with van der Waals surface area (Å²) in [4.78, 5) is 26.7. The summed E-state index contributed by atoms with van der Waals surface area (Å²) >= 11 is 0. The van der Waals surface area contributed by atoms with Crippen molar-refractivity contribution in [3.8, 4) is 0 Å². The zero-order valence-corrected chi connectivity index (χ0v) is 18.8. The lowest BCUT2D eigenvalue weighted by atomic mass is 9.89. The molecule has 0 amide bonds. The summed E-state index contributed by atoms with van der Waals surface area (Å²) < 4.78 is 1.84. The number of benzene rings is 1. The predicted molar refractivity (Wildman–Crippen MR) is 130 cm³/mol. The molecule has 0 spiro atoms. The van der Waals surface area contributed by atoms with Crippen LogP contribution in [0.3, 0.4) is 0 Å². The summed E-state index contributed by atoms with van der Waals surface area (Å²) in [5, 5.41) is 4.22. The standard InChI is InChI=1S/C25H32N6O/c1-29-13-15-30(16-14-29)22-10-8-21(9-11-22)27-25-26-17-20-7-12-23(32)31(24(20)28-25)18-19-5-3-2-4-6-19/h7-12,17,19H,2-6,13-16,18H2,1H3,(H,26,27,28). The molecule has 5 rings (SSSR count). The molecule has 32 heavy (non-hydrogen) atoms. The average Bonchev–Trinajstić information content (AvgIpc) is 2.83. The highest BCUT2D eigenvalue weighted by atomic mass is 16.1. The second-order valence-electron chi connectivity index (χ2n) is 9.22. The number of piperazine rings is 1. The van der Waals surface area contributed by atoms with Crippen LogP contribution < -0.4 is 15.8 Å². The van der Waals surface area contributed by atoms with E-state index in [1.165, 1.54) is 37.8 Å². The van der Waals surface area contributed by atoms with Gasteiger partial charge in [0.05, 0.1) is 0 Å². The molecule has 1 N–H and O–H groups in total. The van der Waals surface area contributed by atoms with E-state index >= 15 is 0 Å². The molecule has 1 aromatic carbocycles. The molecule has 0 unspecified atom stereocenters. The summed E-state index contributed by atoms with van der Waals surface area (Å²) in [5.41, 5.74) is 2.92. The molecule has 1 saturated carbocycles. The van der Waals surface area contributed by atoms with E-state index in [2.05, 4.69) is 51.4 Å². The van der Waals surface area contributed by atoms with Crippen LogP contribution in [-0.4, -0.2) is 52.7 Å². The van der Waals surface area contributed by atoms with Crippen molar-refractivity contribution in [1.29, 1.82) is 0 Å². The maximum atomic E-state index is 12.7. The molecule has 0 bridgehead atoms. The molecule has 2 aliphatic rings. The Balaban J connectivity index is 1.35. The third-order valence-corrected chi connectivity index (χ3v) is 6.88. The summed E-state index contributed by atoms with van der Waals surface area (Å²) in [6.07, 6.45) is 8.02. The van der Waals surface area contributed by atoms with Gasteiger partial charge < -0.3 is 15.1 Å².